The number of rotatable bonds is 4. The molecule has 2 amide bonds. The topological polar surface area (TPSA) is 71.0 Å². The number of hydrogen-bond donors (Lipinski definition) is 1. The quantitative estimate of drug-likeness (QED) is 0.430. The summed E-state index contributed by atoms with van der Waals surface area (Å²) < 4.78 is 0. The van der Waals surface area contributed by atoms with E-state index in [0.717, 1.165) is 36.1 Å². The summed E-state index contributed by atoms with van der Waals surface area (Å²) in [6.45, 7) is 9.10. The average Bonchev–Trinajstić information content (AvgIpc) is 2.93. The second-order valence-corrected chi connectivity index (χ2v) is 7.92. The molecule has 2 fully saturated rings. The van der Waals surface area contributed by atoms with E-state index in [1.165, 1.54) is 6.08 Å². The fourth-order valence-corrected chi connectivity index (χ4v) is 4.49. The van der Waals surface area contributed by atoms with Crippen LogP contribution in [-0.2, 0) is 9.59 Å². The van der Waals surface area contributed by atoms with Gasteiger partial charge in [-0.2, -0.15) is 0 Å². The van der Waals surface area contributed by atoms with E-state index >= 15 is 0 Å². The maximum atomic E-state index is 13.5. The molecule has 1 aliphatic heterocycles. The normalized spacial score (nSPS) is 16.9. The second kappa shape index (κ2) is 8.32. The fraction of sp³-hybridized carbons (Fsp3) is 0.250. The highest BCUT2D eigenvalue weighted by Crippen LogP contribution is 2.48. The van der Waals surface area contributed by atoms with Crippen LogP contribution in [0.3, 0.4) is 0 Å². The van der Waals surface area contributed by atoms with Gasteiger partial charge < -0.3 is 10.6 Å². The van der Waals surface area contributed by atoms with Gasteiger partial charge in [0.05, 0.1) is 6.57 Å². The molecule has 0 aromatic heterocycles. The van der Waals surface area contributed by atoms with Crippen LogP contribution in [0.5, 0.6) is 0 Å². The number of amides is 2. The first-order valence-electron chi connectivity index (χ1n) is 9.62. The Kier molecular flexibility index (Phi) is 5.96. The number of carbonyl (C=O) groups is 2. The predicted molar refractivity (Wildman–Crippen MR) is 128 cm³/mol. The first-order chi connectivity index (χ1) is 14.4. The number of nitrogens with zero attached hydrogens (tertiary/aromatic N) is 3. The molecule has 158 valence electrons. The van der Waals surface area contributed by atoms with E-state index in [1.54, 1.807) is 23.1 Å². The molecule has 0 bridgehead atoms. The van der Waals surface area contributed by atoms with Crippen LogP contribution in [0.15, 0.2) is 48.5 Å². The number of nitrogens with two attached hydrogens (primary N) is 1. The second-order valence-electron chi connectivity index (χ2n) is 7.55. The molecule has 6 nitrogen and oxygen atoms in total. The summed E-state index contributed by atoms with van der Waals surface area (Å²) in [7, 11) is 0. The van der Waals surface area contributed by atoms with E-state index in [4.69, 9.17) is 24.5 Å². The Bertz CT molecular complexity index is 1130. The average molecular weight is 433 g/mol. The SMILES string of the molecule is C.[C-]#[N+]c1ccc(N2C(=O)C3(CCC3)N(c3ccc(/C=C/C(N)=O)cc3)C2=S)cc1C. The molecular weight excluding hydrogens is 408 g/mol. The number of primary amides is 1. The molecular formula is C24H24N4O2S. The van der Waals surface area contributed by atoms with Crippen LogP contribution in [0.25, 0.3) is 10.9 Å². The summed E-state index contributed by atoms with van der Waals surface area (Å²) in [6.07, 6.45) is 5.40. The molecule has 0 unspecified atom stereocenters. The molecule has 1 saturated carbocycles. The molecule has 7 heteroatoms. The van der Waals surface area contributed by atoms with Crippen LogP contribution < -0.4 is 15.5 Å². The van der Waals surface area contributed by atoms with Crippen molar-refractivity contribution in [1.82, 2.24) is 0 Å². The zero-order valence-electron chi connectivity index (χ0n) is 16.5. The van der Waals surface area contributed by atoms with Gasteiger partial charge in [0, 0.05) is 17.5 Å². The highest BCUT2D eigenvalue weighted by atomic mass is 32.1. The molecule has 0 radical (unpaired) electrons. The molecule has 2 N–H and O–H groups in total. The fourth-order valence-electron chi connectivity index (χ4n) is 4.03. The molecule has 1 aliphatic carbocycles. The Morgan fingerprint density at radius 2 is 1.84 bits per heavy atom. The molecule has 31 heavy (non-hydrogen) atoms. The van der Waals surface area contributed by atoms with Crippen molar-refractivity contribution in [1.29, 1.82) is 0 Å². The van der Waals surface area contributed by atoms with Crippen LogP contribution in [0, 0.1) is 13.5 Å². The van der Waals surface area contributed by atoms with Gasteiger partial charge in [0.15, 0.2) is 10.8 Å². The van der Waals surface area contributed by atoms with E-state index in [1.807, 2.05) is 42.2 Å². The first kappa shape index (κ1) is 22.2. The van der Waals surface area contributed by atoms with Gasteiger partial charge in [-0.25, -0.2) is 4.85 Å². The van der Waals surface area contributed by atoms with Crippen LogP contribution in [-0.4, -0.2) is 22.5 Å². The minimum atomic E-state index is -0.659. The Morgan fingerprint density at radius 1 is 1.19 bits per heavy atom. The lowest BCUT2D eigenvalue weighted by Crippen LogP contribution is -2.55. The smallest absolute Gasteiger partial charge is 0.259 e. The van der Waals surface area contributed by atoms with E-state index in [-0.39, 0.29) is 13.3 Å². The molecule has 1 saturated heterocycles. The minimum absolute atomic E-state index is 0. The van der Waals surface area contributed by atoms with E-state index in [9.17, 15) is 9.59 Å². The maximum absolute atomic E-state index is 13.5. The van der Waals surface area contributed by atoms with Crippen LogP contribution in [0.1, 0.15) is 37.8 Å². The van der Waals surface area contributed by atoms with Gasteiger partial charge in [0.25, 0.3) is 5.91 Å². The first-order valence-corrected chi connectivity index (χ1v) is 10.0. The van der Waals surface area contributed by atoms with Gasteiger partial charge in [-0.05, 0) is 79.9 Å². The van der Waals surface area contributed by atoms with Crippen molar-refractivity contribution in [2.24, 2.45) is 5.73 Å². The van der Waals surface area contributed by atoms with E-state index in [0.29, 0.717) is 16.5 Å². The van der Waals surface area contributed by atoms with Crippen molar-refractivity contribution in [2.75, 3.05) is 9.80 Å². The van der Waals surface area contributed by atoms with Crippen molar-refractivity contribution >= 4 is 52.3 Å². The monoisotopic (exact) mass is 432 g/mol. The lowest BCUT2D eigenvalue weighted by Gasteiger charge is -2.43. The van der Waals surface area contributed by atoms with Gasteiger partial charge in [-0.15, -0.1) is 0 Å². The minimum Gasteiger partial charge on any atom is -0.366 e. The van der Waals surface area contributed by atoms with Crippen LogP contribution in [0.2, 0.25) is 0 Å². The third kappa shape index (κ3) is 3.60. The van der Waals surface area contributed by atoms with Crippen molar-refractivity contribution in [3.8, 4) is 0 Å². The highest BCUT2D eigenvalue weighted by Gasteiger charge is 2.59. The Balaban J connectivity index is 0.00000272. The number of hydrogen-bond acceptors (Lipinski definition) is 3. The van der Waals surface area contributed by atoms with Crippen LogP contribution in [0.4, 0.5) is 17.1 Å². The van der Waals surface area contributed by atoms with E-state index in [2.05, 4.69) is 4.85 Å². The molecule has 0 atom stereocenters. The lowest BCUT2D eigenvalue weighted by atomic mass is 9.75. The van der Waals surface area contributed by atoms with Crippen molar-refractivity contribution in [3.63, 3.8) is 0 Å². The molecule has 2 aromatic carbocycles. The van der Waals surface area contributed by atoms with E-state index < -0.39 is 11.4 Å². The largest absolute Gasteiger partial charge is 0.366 e. The number of anilines is 2. The third-order valence-electron chi connectivity index (χ3n) is 5.74. The van der Waals surface area contributed by atoms with Crippen LogP contribution >= 0.6 is 12.2 Å². The molecule has 2 aromatic rings. The maximum Gasteiger partial charge on any atom is 0.259 e. The Morgan fingerprint density at radius 3 is 2.35 bits per heavy atom. The highest BCUT2D eigenvalue weighted by molar-refractivity contribution is 7.81. The van der Waals surface area contributed by atoms with Gasteiger partial charge in [0.1, 0.15) is 5.54 Å². The summed E-state index contributed by atoms with van der Waals surface area (Å²) in [5.41, 5.74) is 8.22. The molecule has 1 heterocycles. The molecule has 4 rings (SSSR count). The van der Waals surface area contributed by atoms with Gasteiger partial charge >= 0.3 is 0 Å². The standard InChI is InChI=1S/C23H20N4O2S.CH4/c1-15-14-18(9-10-19(15)25-2)26-21(29)23(12-3-13-23)27(22(26)30)17-7-4-16(5-8-17)6-11-20(24)28;/h4-11,14H,3,12-13H2,1H3,(H2,24,28);1H4/b11-6+;. The summed E-state index contributed by atoms with van der Waals surface area (Å²) in [6, 6.07) is 12.9. The Labute approximate surface area is 187 Å². The zero-order chi connectivity index (χ0) is 21.5. The summed E-state index contributed by atoms with van der Waals surface area (Å²) in [5.74, 6) is -0.527. The number of thiocarbonyl (C=S) groups is 1. The predicted octanol–water partition coefficient (Wildman–Crippen LogP) is 4.74. The number of benzene rings is 2. The third-order valence-corrected chi connectivity index (χ3v) is 6.11. The number of aryl methyl sites for hydroxylation is 1. The number of carbonyl (C=O) groups excluding carboxylic acids is 2. The van der Waals surface area contributed by atoms with Gasteiger partial charge in [0.2, 0.25) is 5.91 Å². The van der Waals surface area contributed by atoms with Gasteiger partial charge in [-0.1, -0.05) is 25.6 Å². The van der Waals surface area contributed by atoms with Crippen molar-refractivity contribution < 1.29 is 9.59 Å². The molecule has 1 spiro atoms. The summed E-state index contributed by atoms with van der Waals surface area (Å²) in [5, 5.41) is 0.440. The lowest BCUT2D eigenvalue weighted by molar-refractivity contribution is -0.124. The zero-order valence-corrected chi connectivity index (χ0v) is 17.3. The Hall–Kier alpha value is -3.50. The van der Waals surface area contributed by atoms with Crippen molar-refractivity contribution in [2.45, 2.75) is 39.2 Å². The summed E-state index contributed by atoms with van der Waals surface area (Å²) in [4.78, 5) is 31.5. The van der Waals surface area contributed by atoms with Gasteiger partial charge in [-0.3, -0.25) is 14.5 Å². The summed E-state index contributed by atoms with van der Waals surface area (Å²) >= 11 is 5.77. The van der Waals surface area contributed by atoms with Crippen molar-refractivity contribution in [3.05, 3.63) is 71.1 Å². The molecule has 2 aliphatic rings.